The number of carbonyl (C=O) groups is 1. The molecule has 0 atom stereocenters. The number of hydrogen-bond acceptors (Lipinski definition) is 5. The Bertz CT molecular complexity index is 889. The normalized spacial score (nSPS) is 26.2. The zero-order valence-corrected chi connectivity index (χ0v) is 17.5. The number of nitrogens with zero attached hydrogens (tertiary/aromatic N) is 4. The molecule has 1 N–H and O–H groups in total. The van der Waals surface area contributed by atoms with Gasteiger partial charge in [-0.05, 0) is 51.1 Å². The fourth-order valence-electron chi connectivity index (χ4n) is 4.41. The van der Waals surface area contributed by atoms with E-state index in [4.69, 9.17) is 4.74 Å². The van der Waals surface area contributed by atoms with Gasteiger partial charge in [0.05, 0.1) is 11.1 Å². The molecule has 154 valence electrons. The summed E-state index contributed by atoms with van der Waals surface area (Å²) >= 11 is 0. The van der Waals surface area contributed by atoms with Crippen LogP contribution in [0.5, 0.6) is 0 Å². The molecule has 1 amide bonds. The summed E-state index contributed by atoms with van der Waals surface area (Å²) in [5, 5.41) is 3.15. The number of rotatable bonds is 3. The van der Waals surface area contributed by atoms with Crippen molar-refractivity contribution < 1.29 is 9.53 Å². The Balaban J connectivity index is 1.61. The second-order valence-electron chi connectivity index (χ2n) is 8.22. The maximum atomic E-state index is 13.4. The summed E-state index contributed by atoms with van der Waals surface area (Å²) in [6.45, 7) is 11.2. The van der Waals surface area contributed by atoms with E-state index in [1.807, 2.05) is 37.1 Å². The molecule has 0 aromatic carbocycles. The largest absolute Gasteiger partial charge is 0.493 e. The summed E-state index contributed by atoms with van der Waals surface area (Å²) in [4.78, 5) is 26.3. The number of amidine groups is 1. The van der Waals surface area contributed by atoms with Crippen molar-refractivity contribution >= 4 is 18.5 Å². The standard InChI is InChI=1S/C22H29N5O2/c1-15-6-12-29-16(2)18(15)21(28)27-11-10-26(13-22(14-27)7-8-22)20(24-4)17-5-9-25-19(17)23-3/h5-6,9H,4,7-8,10-14H2,1-3H3,(H,23,25)/b20-17+. The molecule has 0 aromatic heterocycles. The third-order valence-electron chi connectivity index (χ3n) is 6.23. The number of aliphatic imine (C=N–C) groups is 2. The Morgan fingerprint density at radius 1 is 1.24 bits per heavy atom. The van der Waals surface area contributed by atoms with Gasteiger partial charge in [-0.3, -0.25) is 9.79 Å². The number of hydrogen-bond donors (Lipinski definition) is 1. The van der Waals surface area contributed by atoms with Gasteiger partial charge < -0.3 is 19.9 Å². The van der Waals surface area contributed by atoms with Crippen LogP contribution in [-0.2, 0) is 9.53 Å². The molecule has 1 saturated carbocycles. The highest BCUT2D eigenvalue weighted by Crippen LogP contribution is 2.49. The summed E-state index contributed by atoms with van der Waals surface area (Å²) in [7, 11) is 1.76. The molecule has 7 nitrogen and oxygen atoms in total. The Labute approximate surface area is 172 Å². The zero-order chi connectivity index (χ0) is 20.6. The van der Waals surface area contributed by atoms with Crippen molar-refractivity contribution in [1.82, 2.24) is 15.1 Å². The molecule has 2 fully saturated rings. The smallest absolute Gasteiger partial charge is 0.257 e. The molecule has 4 aliphatic rings. The maximum Gasteiger partial charge on any atom is 0.257 e. The number of carbonyl (C=O) groups excluding carboxylic acids is 1. The van der Waals surface area contributed by atoms with Crippen molar-refractivity contribution in [2.45, 2.75) is 26.7 Å². The lowest BCUT2D eigenvalue weighted by Gasteiger charge is -2.27. The summed E-state index contributed by atoms with van der Waals surface area (Å²) < 4.78 is 5.63. The van der Waals surface area contributed by atoms with Crippen molar-refractivity contribution in [2.24, 2.45) is 15.4 Å². The molecule has 29 heavy (non-hydrogen) atoms. The summed E-state index contributed by atoms with van der Waals surface area (Å²) in [5.74, 6) is 2.43. The first kappa shape index (κ1) is 19.5. The van der Waals surface area contributed by atoms with Gasteiger partial charge in [0.15, 0.2) is 0 Å². The summed E-state index contributed by atoms with van der Waals surface area (Å²) in [6.07, 6.45) is 8.09. The van der Waals surface area contributed by atoms with E-state index >= 15 is 0 Å². The topological polar surface area (TPSA) is 69.5 Å². The van der Waals surface area contributed by atoms with Gasteiger partial charge in [0.25, 0.3) is 5.91 Å². The average Bonchev–Trinajstić information content (AvgIpc) is 3.35. The first-order valence-corrected chi connectivity index (χ1v) is 10.1. The summed E-state index contributed by atoms with van der Waals surface area (Å²) in [6, 6.07) is 0. The Morgan fingerprint density at radius 2 is 1.97 bits per heavy atom. The maximum absolute atomic E-state index is 13.4. The lowest BCUT2D eigenvalue weighted by Crippen LogP contribution is -2.38. The van der Waals surface area contributed by atoms with Crippen LogP contribution in [-0.4, -0.2) is 68.1 Å². The van der Waals surface area contributed by atoms with Crippen LogP contribution in [0.4, 0.5) is 0 Å². The molecule has 0 unspecified atom stereocenters. The van der Waals surface area contributed by atoms with Crippen molar-refractivity contribution in [2.75, 3.05) is 39.8 Å². The van der Waals surface area contributed by atoms with Crippen LogP contribution in [0, 0.1) is 5.41 Å². The molecule has 1 spiro atoms. The Kier molecular flexibility index (Phi) is 5.06. The van der Waals surface area contributed by atoms with Gasteiger partial charge in [-0.15, -0.1) is 0 Å². The van der Waals surface area contributed by atoms with Gasteiger partial charge in [0, 0.05) is 44.8 Å². The first-order valence-electron chi connectivity index (χ1n) is 10.1. The van der Waals surface area contributed by atoms with Crippen LogP contribution in [0.25, 0.3) is 0 Å². The van der Waals surface area contributed by atoms with Gasteiger partial charge >= 0.3 is 0 Å². The zero-order valence-electron chi connectivity index (χ0n) is 17.5. The van der Waals surface area contributed by atoms with E-state index in [9.17, 15) is 4.79 Å². The van der Waals surface area contributed by atoms with Gasteiger partial charge in [-0.1, -0.05) is 0 Å². The number of amides is 1. The van der Waals surface area contributed by atoms with Crippen molar-refractivity contribution in [3.8, 4) is 0 Å². The molecule has 0 radical (unpaired) electrons. The lowest BCUT2D eigenvalue weighted by molar-refractivity contribution is -0.127. The first-order chi connectivity index (χ1) is 14.0. The molecule has 0 aromatic rings. The van der Waals surface area contributed by atoms with Crippen LogP contribution in [0.15, 0.2) is 56.6 Å². The van der Waals surface area contributed by atoms with E-state index in [1.165, 1.54) is 0 Å². The average molecular weight is 396 g/mol. The molecular formula is C22H29N5O2. The molecule has 7 heteroatoms. The van der Waals surface area contributed by atoms with Crippen molar-refractivity contribution in [3.63, 3.8) is 0 Å². The minimum absolute atomic E-state index is 0.0723. The van der Waals surface area contributed by atoms with Crippen molar-refractivity contribution in [1.29, 1.82) is 0 Å². The van der Waals surface area contributed by atoms with Gasteiger partial charge in [-0.2, -0.15) is 0 Å². The predicted octanol–water partition coefficient (Wildman–Crippen LogP) is 2.22. The number of nitrogens with one attached hydrogen (secondary N) is 1. The molecular weight excluding hydrogens is 366 g/mol. The van der Waals surface area contributed by atoms with E-state index in [0.29, 0.717) is 25.3 Å². The highest BCUT2D eigenvalue weighted by atomic mass is 16.5. The second kappa shape index (κ2) is 7.54. The quantitative estimate of drug-likeness (QED) is 0.744. The molecule has 0 bridgehead atoms. The monoisotopic (exact) mass is 395 g/mol. The fraction of sp³-hybridized carbons (Fsp3) is 0.500. The number of allylic oxidation sites excluding steroid dienone is 1. The summed E-state index contributed by atoms with van der Waals surface area (Å²) in [5.41, 5.74) is 2.80. The van der Waals surface area contributed by atoms with Crippen LogP contribution in [0.2, 0.25) is 0 Å². The van der Waals surface area contributed by atoms with Crippen LogP contribution >= 0.6 is 0 Å². The molecule has 3 heterocycles. The SMILES string of the molecule is C=N/C(=C1/C=CNC1=NC)N1CCN(C(=O)C2=C(C)OCC=C2C)CC2(CC2)C1. The van der Waals surface area contributed by atoms with Crippen LogP contribution < -0.4 is 5.32 Å². The van der Waals surface area contributed by atoms with E-state index < -0.39 is 0 Å². The Hall–Kier alpha value is -2.83. The van der Waals surface area contributed by atoms with E-state index in [0.717, 1.165) is 54.5 Å². The molecule has 1 aliphatic carbocycles. The van der Waals surface area contributed by atoms with Crippen LogP contribution in [0.1, 0.15) is 26.7 Å². The minimum atomic E-state index is 0.0723. The van der Waals surface area contributed by atoms with Gasteiger partial charge in [-0.25, -0.2) is 4.99 Å². The number of ether oxygens (including phenoxy) is 1. The van der Waals surface area contributed by atoms with E-state index in [1.54, 1.807) is 7.05 Å². The molecule has 3 aliphatic heterocycles. The van der Waals surface area contributed by atoms with Crippen molar-refractivity contribution in [3.05, 3.63) is 46.7 Å². The third kappa shape index (κ3) is 3.61. The van der Waals surface area contributed by atoms with Gasteiger partial charge in [0.2, 0.25) is 0 Å². The van der Waals surface area contributed by atoms with E-state index in [2.05, 4.69) is 26.9 Å². The lowest BCUT2D eigenvalue weighted by atomic mass is 10.0. The highest BCUT2D eigenvalue weighted by molar-refractivity contribution is 6.04. The molecule has 1 saturated heterocycles. The minimum Gasteiger partial charge on any atom is -0.493 e. The third-order valence-corrected chi connectivity index (χ3v) is 6.23. The predicted molar refractivity (Wildman–Crippen MR) is 114 cm³/mol. The van der Waals surface area contributed by atoms with E-state index in [-0.39, 0.29) is 11.3 Å². The Morgan fingerprint density at radius 3 is 2.62 bits per heavy atom. The second-order valence-corrected chi connectivity index (χ2v) is 8.22. The highest BCUT2D eigenvalue weighted by Gasteiger charge is 2.48. The fourth-order valence-corrected chi connectivity index (χ4v) is 4.41. The van der Waals surface area contributed by atoms with Crippen LogP contribution in [0.3, 0.4) is 0 Å². The molecule has 4 rings (SSSR count). The van der Waals surface area contributed by atoms with Gasteiger partial charge in [0.1, 0.15) is 24.0 Å².